The molecule has 2 aromatic heterocycles. The molecule has 0 bridgehead atoms. The molecular formula is C12H13N3S. The number of hydrogen-bond donors (Lipinski definition) is 1. The Morgan fingerprint density at radius 3 is 3.06 bits per heavy atom. The van der Waals surface area contributed by atoms with Crippen molar-refractivity contribution in [1.82, 2.24) is 15.3 Å². The molecule has 2 aromatic rings. The van der Waals surface area contributed by atoms with E-state index < -0.39 is 0 Å². The van der Waals surface area contributed by atoms with E-state index in [0.29, 0.717) is 0 Å². The molecule has 0 aliphatic heterocycles. The van der Waals surface area contributed by atoms with Gasteiger partial charge in [-0.05, 0) is 30.4 Å². The van der Waals surface area contributed by atoms with Gasteiger partial charge in [-0.2, -0.15) is 11.3 Å². The maximum Gasteiger partial charge on any atom is 0.160 e. The van der Waals surface area contributed by atoms with Gasteiger partial charge in [-0.3, -0.25) is 0 Å². The van der Waals surface area contributed by atoms with Crippen LogP contribution >= 0.6 is 11.3 Å². The van der Waals surface area contributed by atoms with Crippen molar-refractivity contribution in [3.05, 3.63) is 34.8 Å². The highest BCUT2D eigenvalue weighted by atomic mass is 32.1. The maximum absolute atomic E-state index is 4.55. The fourth-order valence-electron chi connectivity index (χ4n) is 1.56. The van der Waals surface area contributed by atoms with Crippen molar-refractivity contribution in [1.29, 1.82) is 0 Å². The van der Waals surface area contributed by atoms with Gasteiger partial charge in [0, 0.05) is 29.7 Å². The summed E-state index contributed by atoms with van der Waals surface area (Å²) in [6.07, 6.45) is 4.45. The Labute approximate surface area is 98.6 Å². The van der Waals surface area contributed by atoms with E-state index in [1.807, 2.05) is 17.6 Å². The monoisotopic (exact) mass is 231 g/mol. The number of rotatable bonds is 4. The molecule has 82 valence electrons. The second-order valence-electron chi connectivity index (χ2n) is 4.04. The van der Waals surface area contributed by atoms with Crippen LogP contribution in [0.5, 0.6) is 0 Å². The lowest BCUT2D eigenvalue weighted by atomic mass is 10.3. The van der Waals surface area contributed by atoms with Crippen LogP contribution in [0.4, 0.5) is 0 Å². The lowest BCUT2D eigenvalue weighted by Crippen LogP contribution is -2.16. The Kier molecular flexibility index (Phi) is 2.68. The molecule has 3 nitrogen and oxygen atoms in total. The van der Waals surface area contributed by atoms with Gasteiger partial charge in [0.1, 0.15) is 0 Å². The molecule has 16 heavy (non-hydrogen) atoms. The number of hydrogen-bond acceptors (Lipinski definition) is 4. The molecule has 1 N–H and O–H groups in total. The van der Waals surface area contributed by atoms with Gasteiger partial charge < -0.3 is 5.32 Å². The molecule has 0 saturated heterocycles. The molecule has 4 heteroatoms. The molecular weight excluding hydrogens is 218 g/mol. The quantitative estimate of drug-likeness (QED) is 0.878. The third-order valence-electron chi connectivity index (χ3n) is 2.64. The Balaban J connectivity index is 1.76. The van der Waals surface area contributed by atoms with Crippen LogP contribution in [0, 0.1) is 0 Å². The molecule has 0 radical (unpaired) electrons. The fourth-order valence-corrected chi connectivity index (χ4v) is 2.20. The van der Waals surface area contributed by atoms with Crippen molar-refractivity contribution in [3.63, 3.8) is 0 Å². The highest BCUT2D eigenvalue weighted by Gasteiger charge is 2.20. The molecule has 0 spiro atoms. The van der Waals surface area contributed by atoms with Gasteiger partial charge in [-0.25, -0.2) is 9.97 Å². The summed E-state index contributed by atoms with van der Waals surface area (Å²) in [4.78, 5) is 8.84. The van der Waals surface area contributed by atoms with Crippen molar-refractivity contribution in [2.24, 2.45) is 0 Å². The number of nitrogens with zero attached hydrogens (tertiary/aromatic N) is 2. The van der Waals surface area contributed by atoms with E-state index in [1.54, 1.807) is 11.3 Å². The average Bonchev–Trinajstić information content (AvgIpc) is 2.99. The molecule has 1 fully saturated rings. The Hall–Kier alpha value is -1.26. The van der Waals surface area contributed by atoms with Crippen molar-refractivity contribution in [2.45, 2.75) is 25.4 Å². The van der Waals surface area contributed by atoms with Gasteiger partial charge in [0.05, 0.1) is 5.69 Å². The average molecular weight is 231 g/mol. The number of thiophene rings is 1. The van der Waals surface area contributed by atoms with Crippen LogP contribution in [0.15, 0.2) is 29.1 Å². The Bertz CT molecular complexity index is 463. The summed E-state index contributed by atoms with van der Waals surface area (Å²) < 4.78 is 0. The van der Waals surface area contributed by atoms with Crippen molar-refractivity contribution in [3.8, 4) is 11.4 Å². The molecule has 0 unspecified atom stereocenters. The van der Waals surface area contributed by atoms with Crippen LogP contribution in [0.2, 0.25) is 0 Å². The zero-order valence-electron chi connectivity index (χ0n) is 8.89. The number of nitrogens with one attached hydrogen (secondary N) is 1. The normalized spacial score (nSPS) is 15.2. The molecule has 0 atom stereocenters. The van der Waals surface area contributed by atoms with Gasteiger partial charge >= 0.3 is 0 Å². The van der Waals surface area contributed by atoms with E-state index in [9.17, 15) is 0 Å². The minimum atomic E-state index is 0.722. The van der Waals surface area contributed by atoms with E-state index in [4.69, 9.17) is 0 Å². The van der Waals surface area contributed by atoms with Crippen molar-refractivity contribution in [2.75, 3.05) is 0 Å². The maximum atomic E-state index is 4.55. The van der Waals surface area contributed by atoms with Gasteiger partial charge in [-0.1, -0.05) is 0 Å². The molecule has 0 amide bonds. The first kappa shape index (κ1) is 9.93. The molecule has 2 heterocycles. The van der Waals surface area contributed by atoms with Crippen LogP contribution in [-0.4, -0.2) is 16.0 Å². The summed E-state index contributed by atoms with van der Waals surface area (Å²) in [6.45, 7) is 0.852. The van der Waals surface area contributed by atoms with Gasteiger partial charge in [0.15, 0.2) is 5.82 Å². The smallest absolute Gasteiger partial charge is 0.160 e. The summed E-state index contributed by atoms with van der Waals surface area (Å²) in [5.74, 6) is 0.830. The predicted octanol–water partition coefficient (Wildman–Crippen LogP) is 2.46. The Morgan fingerprint density at radius 1 is 1.38 bits per heavy atom. The van der Waals surface area contributed by atoms with Crippen molar-refractivity contribution >= 4 is 11.3 Å². The summed E-state index contributed by atoms with van der Waals surface area (Å²) in [7, 11) is 0. The topological polar surface area (TPSA) is 37.8 Å². The van der Waals surface area contributed by atoms with E-state index in [0.717, 1.165) is 29.7 Å². The zero-order valence-corrected chi connectivity index (χ0v) is 9.70. The first-order valence-electron chi connectivity index (χ1n) is 5.50. The van der Waals surface area contributed by atoms with Crippen LogP contribution < -0.4 is 5.32 Å². The minimum Gasteiger partial charge on any atom is -0.308 e. The van der Waals surface area contributed by atoms with E-state index in [2.05, 4.69) is 26.7 Å². The summed E-state index contributed by atoms with van der Waals surface area (Å²) in [6, 6.07) is 4.75. The lowest BCUT2D eigenvalue weighted by Gasteiger charge is -2.03. The van der Waals surface area contributed by atoms with Gasteiger partial charge in [0.25, 0.3) is 0 Å². The second kappa shape index (κ2) is 4.31. The van der Waals surface area contributed by atoms with E-state index in [1.165, 1.54) is 12.8 Å². The summed E-state index contributed by atoms with van der Waals surface area (Å²) in [5, 5.41) is 7.58. The summed E-state index contributed by atoms with van der Waals surface area (Å²) in [5.41, 5.74) is 2.18. The predicted molar refractivity (Wildman–Crippen MR) is 65.2 cm³/mol. The number of aromatic nitrogens is 2. The van der Waals surface area contributed by atoms with Crippen LogP contribution in [0.25, 0.3) is 11.4 Å². The van der Waals surface area contributed by atoms with Crippen LogP contribution in [0.3, 0.4) is 0 Å². The fraction of sp³-hybridized carbons (Fsp3) is 0.333. The Morgan fingerprint density at radius 2 is 2.31 bits per heavy atom. The van der Waals surface area contributed by atoms with Crippen LogP contribution in [0.1, 0.15) is 18.5 Å². The third-order valence-corrected chi connectivity index (χ3v) is 3.33. The molecule has 0 aromatic carbocycles. The molecule has 1 aliphatic carbocycles. The third kappa shape index (κ3) is 2.28. The van der Waals surface area contributed by atoms with Gasteiger partial charge in [0.2, 0.25) is 0 Å². The first-order chi connectivity index (χ1) is 7.92. The zero-order chi connectivity index (χ0) is 10.8. The minimum absolute atomic E-state index is 0.722. The highest BCUT2D eigenvalue weighted by molar-refractivity contribution is 7.08. The molecule has 3 rings (SSSR count). The second-order valence-corrected chi connectivity index (χ2v) is 4.82. The van der Waals surface area contributed by atoms with E-state index >= 15 is 0 Å². The SMILES string of the molecule is c1cc(CNC2CC2)nc(-c2ccsc2)n1. The summed E-state index contributed by atoms with van der Waals surface area (Å²) >= 11 is 1.67. The van der Waals surface area contributed by atoms with E-state index in [-0.39, 0.29) is 0 Å². The first-order valence-corrected chi connectivity index (χ1v) is 6.44. The lowest BCUT2D eigenvalue weighted by molar-refractivity contribution is 0.673. The molecule has 1 saturated carbocycles. The standard InChI is InChI=1S/C12H13N3S/c1-2-10(1)14-7-11-3-5-13-12(15-11)9-4-6-16-8-9/h3-6,8,10,14H,1-2,7H2. The highest BCUT2D eigenvalue weighted by Crippen LogP contribution is 2.20. The molecule has 1 aliphatic rings. The van der Waals surface area contributed by atoms with Crippen LogP contribution in [-0.2, 0) is 6.54 Å². The largest absolute Gasteiger partial charge is 0.308 e. The van der Waals surface area contributed by atoms with Gasteiger partial charge in [-0.15, -0.1) is 0 Å². The van der Waals surface area contributed by atoms with Crippen molar-refractivity contribution < 1.29 is 0 Å².